The van der Waals surface area contributed by atoms with Crippen LogP contribution in [-0.2, 0) is 30.3 Å². The Morgan fingerprint density at radius 3 is 1.95 bits per heavy atom. The second-order valence-electron chi connectivity index (χ2n) is 12.9. The van der Waals surface area contributed by atoms with E-state index in [1.807, 2.05) is 30.3 Å². The summed E-state index contributed by atoms with van der Waals surface area (Å²) in [6, 6.07) is 10.0. The van der Waals surface area contributed by atoms with Gasteiger partial charge in [0.05, 0.1) is 0 Å². The fraction of sp³-hybridized carbons (Fsp3) is 0.515. The van der Waals surface area contributed by atoms with E-state index in [9.17, 15) is 24.3 Å². The molecule has 43 heavy (non-hydrogen) atoms. The van der Waals surface area contributed by atoms with E-state index in [2.05, 4.69) is 10.6 Å². The summed E-state index contributed by atoms with van der Waals surface area (Å²) in [5.74, 6) is -1.75. The lowest BCUT2D eigenvalue weighted by Crippen LogP contribution is -2.56. The Kier molecular flexibility index (Phi) is 11.8. The molecule has 0 fully saturated rings. The summed E-state index contributed by atoms with van der Waals surface area (Å²) in [5.41, 5.74) is 0.155. The van der Waals surface area contributed by atoms with Gasteiger partial charge in [0.25, 0.3) is 0 Å². The van der Waals surface area contributed by atoms with Crippen LogP contribution in [0.1, 0.15) is 85.0 Å². The zero-order valence-electron chi connectivity index (χ0n) is 27.0. The molecule has 0 saturated carbocycles. The number of rotatable bonds is 10. The van der Waals surface area contributed by atoms with Crippen LogP contribution in [0, 0.1) is 6.92 Å². The van der Waals surface area contributed by atoms with Crippen LogP contribution in [-0.4, -0.2) is 63.2 Å². The van der Waals surface area contributed by atoms with Crippen LogP contribution in [0.5, 0.6) is 5.75 Å². The summed E-state index contributed by atoms with van der Waals surface area (Å²) in [6.07, 6.45) is -0.610. The fourth-order valence-corrected chi connectivity index (χ4v) is 4.40. The maximum Gasteiger partial charge on any atom is 0.408 e. The van der Waals surface area contributed by atoms with Crippen molar-refractivity contribution in [3.8, 4) is 5.75 Å². The van der Waals surface area contributed by atoms with E-state index in [0.717, 1.165) is 5.56 Å². The first-order valence-corrected chi connectivity index (χ1v) is 14.5. The first-order chi connectivity index (χ1) is 19.8. The van der Waals surface area contributed by atoms with Crippen molar-refractivity contribution in [1.82, 2.24) is 15.5 Å². The number of carbonyl (C=O) groups excluding carboxylic acids is 4. The van der Waals surface area contributed by atoms with Crippen molar-refractivity contribution in [1.29, 1.82) is 0 Å². The average Bonchev–Trinajstić information content (AvgIpc) is 2.86. The third kappa shape index (κ3) is 10.9. The number of aryl methyl sites for hydroxylation is 1. The predicted octanol–water partition coefficient (Wildman–Crippen LogP) is 4.96. The van der Waals surface area contributed by atoms with Gasteiger partial charge in [-0.05, 0) is 98.1 Å². The molecule has 3 N–H and O–H groups in total. The molecule has 2 aromatic rings. The standard InChI is InChI=1S/C33H47N3O7/c1-20(2)36(29(39)22(4)34-31(41)43-33(8,9)10)27(24-16-17-26(37)21(3)18-24)28(38)35-25(30(40)42-32(5,6)7)19-23-14-12-11-13-15-23/h11-18,20,22,25,27,37H,19H2,1-10H3,(H,34,41)(H,35,38). The van der Waals surface area contributed by atoms with E-state index in [1.54, 1.807) is 74.4 Å². The number of carbonyl (C=O) groups is 4. The van der Waals surface area contributed by atoms with Crippen LogP contribution in [0.2, 0.25) is 0 Å². The van der Waals surface area contributed by atoms with Gasteiger partial charge in [-0.25, -0.2) is 9.59 Å². The first-order valence-electron chi connectivity index (χ1n) is 14.5. The van der Waals surface area contributed by atoms with Gasteiger partial charge in [-0.2, -0.15) is 0 Å². The molecule has 2 aromatic carbocycles. The molecule has 0 spiro atoms. The number of amides is 3. The largest absolute Gasteiger partial charge is 0.508 e. The number of alkyl carbamates (subject to hydrolysis) is 1. The summed E-state index contributed by atoms with van der Waals surface area (Å²) >= 11 is 0. The Balaban J connectivity index is 2.54. The molecule has 3 amide bonds. The summed E-state index contributed by atoms with van der Waals surface area (Å²) in [6.45, 7) is 17.1. The normalized spacial score (nSPS) is 13.8. The quantitative estimate of drug-likeness (QED) is 0.330. The molecule has 3 atom stereocenters. The molecule has 0 radical (unpaired) electrons. The molecule has 0 aliphatic rings. The topological polar surface area (TPSA) is 134 Å². The Hall–Kier alpha value is -4.08. The van der Waals surface area contributed by atoms with Crippen LogP contribution in [0.15, 0.2) is 48.5 Å². The molecular formula is C33H47N3O7. The third-order valence-electron chi connectivity index (χ3n) is 6.27. The number of benzene rings is 2. The van der Waals surface area contributed by atoms with E-state index >= 15 is 0 Å². The maximum atomic E-state index is 14.2. The number of esters is 1. The van der Waals surface area contributed by atoms with Gasteiger partial charge in [-0.15, -0.1) is 0 Å². The smallest absolute Gasteiger partial charge is 0.408 e. The van der Waals surface area contributed by atoms with Gasteiger partial charge in [-0.3, -0.25) is 9.59 Å². The van der Waals surface area contributed by atoms with Gasteiger partial charge in [0.2, 0.25) is 11.8 Å². The summed E-state index contributed by atoms with van der Waals surface area (Å²) in [7, 11) is 0. The van der Waals surface area contributed by atoms with E-state index in [-0.39, 0.29) is 12.2 Å². The maximum absolute atomic E-state index is 14.2. The SMILES string of the molecule is Cc1cc(C(C(=O)NC(Cc2ccccc2)C(=O)OC(C)(C)C)N(C(=O)C(C)NC(=O)OC(C)(C)C)C(C)C)ccc1O. The Bertz CT molecular complexity index is 1280. The van der Waals surface area contributed by atoms with Crippen LogP contribution in [0.3, 0.4) is 0 Å². The molecule has 236 valence electrons. The minimum atomic E-state index is -1.21. The van der Waals surface area contributed by atoms with Crippen molar-refractivity contribution in [2.24, 2.45) is 0 Å². The van der Waals surface area contributed by atoms with Gasteiger partial charge in [0.15, 0.2) is 0 Å². The van der Waals surface area contributed by atoms with Crippen LogP contribution >= 0.6 is 0 Å². The lowest BCUT2D eigenvalue weighted by atomic mass is 9.98. The minimum Gasteiger partial charge on any atom is -0.508 e. The van der Waals surface area contributed by atoms with E-state index in [1.165, 1.54) is 17.9 Å². The van der Waals surface area contributed by atoms with E-state index in [4.69, 9.17) is 9.47 Å². The van der Waals surface area contributed by atoms with Gasteiger partial charge >= 0.3 is 12.1 Å². The molecular weight excluding hydrogens is 550 g/mol. The minimum absolute atomic E-state index is 0.0287. The lowest BCUT2D eigenvalue weighted by Gasteiger charge is -2.37. The molecule has 2 rings (SSSR count). The fourth-order valence-electron chi connectivity index (χ4n) is 4.40. The number of nitrogens with one attached hydrogen (secondary N) is 2. The van der Waals surface area contributed by atoms with E-state index < -0.39 is 59.2 Å². The number of phenolic OH excluding ortho intramolecular Hbond substituents is 1. The highest BCUT2D eigenvalue weighted by Crippen LogP contribution is 2.29. The Morgan fingerprint density at radius 2 is 1.44 bits per heavy atom. The third-order valence-corrected chi connectivity index (χ3v) is 6.27. The Labute approximate surface area is 255 Å². The molecule has 0 aromatic heterocycles. The summed E-state index contributed by atoms with van der Waals surface area (Å²) in [4.78, 5) is 55.2. The van der Waals surface area contributed by atoms with Crippen LogP contribution < -0.4 is 10.6 Å². The first kappa shape index (κ1) is 35.1. The average molecular weight is 598 g/mol. The summed E-state index contributed by atoms with van der Waals surface area (Å²) in [5, 5.41) is 15.6. The number of nitrogens with zero attached hydrogens (tertiary/aromatic N) is 1. The number of phenols is 1. The van der Waals surface area contributed by atoms with Crippen LogP contribution in [0.4, 0.5) is 4.79 Å². The van der Waals surface area contributed by atoms with Gasteiger partial charge in [-0.1, -0.05) is 36.4 Å². The van der Waals surface area contributed by atoms with Crippen molar-refractivity contribution in [2.45, 2.75) is 111 Å². The monoisotopic (exact) mass is 597 g/mol. The van der Waals surface area contributed by atoms with Crippen molar-refractivity contribution in [3.63, 3.8) is 0 Å². The van der Waals surface area contributed by atoms with Gasteiger partial charge in [0.1, 0.15) is 35.1 Å². The molecule has 3 unspecified atom stereocenters. The Morgan fingerprint density at radius 1 is 0.860 bits per heavy atom. The van der Waals surface area contributed by atoms with Crippen molar-refractivity contribution in [3.05, 3.63) is 65.2 Å². The second-order valence-corrected chi connectivity index (χ2v) is 12.9. The highest BCUT2D eigenvalue weighted by atomic mass is 16.6. The molecule has 0 aliphatic heterocycles. The molecule has 10 heteroatoms. The zero-order chi connectivity index (χ0) is 32.7. The highest BCUT2D eigenvalue weighted by Gasteiger charge is 2.38. The van der Waals surface area contributed by atoms with Gasteiger partial charge < -0.3 is 30.1 Å². The number of ether oxygens (including phenoxy) is 2. The molecule has 0 aliphatic carbocycles. The molecule has 0 bridgehead atoms. The number of hydrogen-bond acceptors (Lipinski definition) is 7. The highest BCUT2D eigenvalue weighted by molar-refractivity contribution is 5.94. The second kappa shape index (κ2) is 14.4. The van der Waals surface area contributed by atoms with Crippen molar-refractivity contribution in [2.75, 3.05) is 0 Å². The van der Waals surface area contributed by atoms with Crippen LogP contribution in [0.25, 0.3) is 0 Å². The summed E-state index contributed by atoms with van der Waals surface area (Å²) < 4.78 is 11.0. The molecule has 0 heterocycles. The number of aromatic hydroxyl groups is 1. The lowest BCUT2D eigenvalue weighted by molar-refractivity contribution is -0.159. The van der Waals surface area contributed by atoms with E-state index in [0.29, 0.717) is 11.1 Å². The van der Waals surface area contributed by atoms with Gasteiger partial charge in [0, 0.05) is 12.5 Å². The number of hydrogen-bond donors (Lipinski definition) is 3. The molecule has 10 nitrogen and oxygen atoms in total. The van der Waals surface area contributed by atoms with Crippen molar-refractivity contribution >= 4 is 23.9 Å². The predicted molar refractivity (Wildman–Crippen MR) is 164 cm³/mol. The zero-order valence-corrected chi connectivity index (χ0v) is 27.0. The van der Waals surface area contributed by atoms with Crippen molar-refractivity contribution < 1.29 is 33.8 Å². The molecule has 0 saturated heterocycles.